The van der Waals surface area contributed by atoms with Crippen LogP contribution in [0.1, 0.15) is 53.2 Å². The minimum atomic E-state index is -0.362. The van der Waals surface area contributed by atoms with E-state index in [1.165, 1.54) is 31.9 Å². The Labute approximate surface area is 177 Å². The van der Waals surface area contributed by atoms with Crippen LogP contribution in [-0.2, 0) is 16.1 Å². The summed E-state index contributed by atoms with van der Waals surface area (Å²) in [6.07, 6.45) is 6.44. The molecule has 1 unspecified atom stereocenters. The van der Waals surface area contributed by atoms with E-state index in [4.69, 9.17) is 9.47 Å². The largest absolute Gasteiger partial charge is 0.465 e. The van der Waals surface area contributed by atoms with E-state index in [-0.39, 0.29) is 24.7 Å². The molecule has 5 nitrogen and oxygen atoms in total. The molecule has 30 heavy (non-hydrogen) atoms. The lowest BCUT2D eigenvalue weighted by molar-refractivity contribution is 0.0600. The number of benzene rings is 2. The highest BCUT2D eigenvalue weighted by molar-refractivity contribution is 5.89. The molecule has 0 N–H and O–H groups in total. The molecule has 2 aromatic carbocycles. The minimum absolute atomic E-state index is 0.0967. The van der Waals surface area contributed by atoms with Crippen LogP contribution in [-0.4, -0.2) is 30.6 Å². The molecule has 1 saturated carbocycles. The maximum absolute atomic E-state index is 12.9. The van der Waals surface area contributed by atoms with Gasteiger partial charge in [-0.25, -0.2) is 9.59 Å². The summed E-state index contributed by atoms with van der Waals surface area (Å²) >= 11 is 0. The van der Waals surface area contributed by atoms with Crippen molar-refractivity contribution in [3.63, 3.8) is 0 Å². The van der Waals surface area contributed by atoms with E-state index in [0.29, 0.717) is 18.0 Å². The van der Waals surface area contributed by atoms with Gasteiger partial charge in [-0.15, -0.1) is 0 Å². The second-order valence-corrected chi connectivity index (χ2v) is 7.93. The second kappa shape index (κ2) is 9.16. The lowest BCUT2D eigenvalue weighted by Crippen LogP contribution is -2.39. The number of hydrogen-bond donors (Lipinski definition) is 0. The summed E-state index contributed by atoms with van der Waals surface area (Å²) in [5, 5.41) is 0. The number of esters is 1. The summed E-state index contributed by atoms with van der Waals surface area (Å²) in [5.41, 5.74) is 3.91. The summed E-state index contributed by atoms with van der Waals surface area (Å²) in [6, 6.07) is 17.0. The number of carbonyl (C=O) groups excluding carboxylic acids is 2. The fourth-order valence-electron chi connectivity index (χ4n) is 4.13. The van der Waals surface area contributed by atoms with Gasteiger partial charge in [-0.05, 0) is 48.4 Å². The van der Waals surface area contributed by atoms with E-state index < -0.39 is 0 Å². The van der Waals surface area contributed by atoms with Crippen molar-refractivity contribution in [1.29, 1.82) is 0 Å². The molecule has 1 heterocycles. The average molecular weight is 405 g/mol. The number of nitrogens with zero attached hydrogens (tertiary/aromatic N) is 1. The third-order valence-corrected chi connectivity index (χ3v) is 6.14. The van der Waals surface area contributed by atoms with E-state index in [9.17, 15) is 9.59 Å². The van der Waals surface area contributed by atoms with E-state index in [2.05, 4.69) is 6.08 Å². The van der Waals surface area contributed by atoms with Crippen molar-refractivity contribution in [1.82, 2.24) is 4.90 Å². The molecule has 1 atom stereocenters. The first-order valence-corrected chi connectivity index (χ1v) is 10.5. The Kier molecular flexibility index (Phi) is 6.17. The summed E-state index contributed by atoms with van der Waals surface area (Å²) in [7, 11) is 1.37. The van der Waals surface area contributed by atoms with Gasteiger partial charge in [0.15, 0.2) is 0 Å². The van der Waals surface area contributed by atoms with Gasteiger partial charge in [0.05, 0.1) is 18.7 Å². The quantitative estimate of drug-likeness (QED) is 0.501. The molecule has 0 radical (unpaired) electrons. The Balaban J connectivity index is 1.52. The van der Waals surface area contributed by atoms with E-state index in [0.717, 1.165) is 17.5 Å². The molecule has 2 aliphatic rings. The number of ether oxygens (including phenoxy) is 2. The summed E-state index contributed by atoms with van der Waals surface area (Å²) in [5.74, 6) is 0.281. The van der Waals surface area contributed by atoms with Crippen LogP contribution >= 0.6 is 0 Å². The third kappa shape index (κ3) is 4.40. The predicted octanol–water partition coefficient (Wildman–Crippen LogP) is 5.28. The van der Waals surface area contributed by atoms with Crippen LogP contribution in [0.2, 0.25) is 0 Å². The SMILES string of the molecule is COC(=O)c1ccc(C2CC(C3CCC3)=CCN2C(=O)OCc2ccccc2)cc1. The molecule has 1 fully saturated rings. The fraction of sp³-hybridized carbons (Fsp3) is 0.360. The van der Waals surface area contributed by atoms with E-state index >= 15 is 0 Å². The molecule has 4 rings (SSSR count). The number of hydrogen-bond acceptors (Lipinski definition) is 4. The molecule has 1 amide bonds. The average Bonchev–Trinajstić information content (AvgIpc) is 2.76. The van der Waals surface area contributed by atoms with Gasteiger partial charge in [-0.1, -0.05) is 60.5 Å². The van der Waals surface area contributed by atoms with Crippen molar-refractivity contribution in [2.24, 2.45) is 5.92 Å². The van der Waals surface area contributed by atoms with Crippen molar-refractivity contribution in [3.8, 4) is 0 Å². The van der Waals surface area contributed by atoms with Crippen LogP contribution in [0.15, 0.2) is 66.2 Å². The Morgan fingerprint density at radius 2 is 1.77 bits per heavy atom. The van der Waals surface area contributed by atoms with Gasteiger partial charge in [-0.3, -0.25) is 4.90 Å². The fourth-order valence-corrected chi connectivity index (χ4v) is 4.13. The highest BCUT2D eigenvalue weighted by Crippen LogP contribution is 2.41. The molecule has 1 aliphatic heterocycles. The maximum Gasteiger partial charge on any atom is 0.410 e. The zero-order chi connectivity index (χ0) is 20.9. The first kappa shape index (κ1) is 20.2. The van der Waals surface area contributed by atoms with Crippen LogP contribution < -0.4 is 0 Å². The Morgan fingerprint density at radius 1 is 1.03 bits per heavy atom. The van der Waals surface area contributed by atoms with Crippen LogP contribution in [0.5, 0.6) is 0 Å². The zero-order valence-corrected chi connectivity index (χ0v) is 17.3. The highest BCUT2D eigenvalue weighted by atomic mass is 16.6. The molecule has 2 aromatic rings. The maximum atomic E-state index is 12.9. The number of rotatable bonds is 5. The smallest absolute Gasteiger partial charge is 0.410 e. The Morgan fingerprint density at radius 3 is 2.40 bits per heavy atom. The van der Waals surface area contributed by atoms with Crippen LogP contribution in [0, 0.1) is 5.92 Å². The van der Waals surface area contributed by atoms with Crippen LogP contribution in [0.4, 0.5) is 4.79 Å². The lowest BCUT2D eigenvalue weighted by atomic mass is 9.75. The van der Waals surface area contributed by atoms with Gasteiger partial charge in [-0.2, -0.15) is 0 Å². The summed E-state index contributed by atoms with van der Waals surface area (Å²) in [6.45, 7) is 0.798. The minimum Gasteiger partial charge on any atom is -0.465 e. The van der Waals surface area contributed by atoms with E-state index in [1.807, 2.05) is 42.5 Å². The molecular weight excluding hydrogens is 378 g/mol. The van der Waals surface area contributed by atoms with Gasteiger partial charge in [0, 0.05) is 6.54 Å². The molecule has 0 bridgehead atoms. The third-order valence-electron chi connectivity index (χ3n) is 6.14. The highest BCUT2D eigenvalue weighted by Gasteiger charge is 2.33. The first-order chi connectivity index (χ1) is 14.7. The van der Waals surface area contributed by atoms with Crippen LogP contribution in [0.25, 0.3) is 0 Å². The topological polar surface area (TPSA) is 55.8 Å². The number of amides is 1. The normalized spacial score (nSPS) is 18.9. The van der Waals surface area contributed by atoms with Gasteiger partial charge in [0.1, 0.15) is 6.61 Å². The second-order valence-electron chi connectivity index (χ2n) is 7.93. The van der Waals surface area contributed by atoms with E-state index in [1.54, 1.807) is 17.0 Å². The first-order valence-electron chi connectivity index (χ1n) is 10.5. The molecular formula is C25H27NO4. The summed E-state index contributed by atoms with van der Waals surface area (Å²) in [4.78, 5) is 26.5. The van der Waals surface area contributed by atoms with Crippen molar-refractivity contribution >= 4 is 12.1 Å². The molecule has 1 aliphatic carbocycles. The molecule has 0 spiro atoms. The van der Waals surface area contributed by atoms with Crippen molar-refractivity contribution in [3.05, 3.63) is 82.9 Å². The Bertz CT molecular complexity index is 916. The van der Waals surface area contributed by atoms with Crippen LogP contribution in [0.3, 0.4) is 0 Å². The monoisotopic (exact) mass is 405 g/mol. The Hall–Kier alpha value is -3.08. The lowest BCUT2D eigenvalue weighted by Gasteiger charge is -2.39. The summed E-state index contributed by atoms with van der Waals surface area (Å²) < 4.78 is 10.4. The molecule has 0 aromatic heterocycles. The molecule has 0 saturated heterocycles. The standard InChI is InChI=1S/C25H27NO4/c1-29-24(27)21-12-10-20(11-13-21)23-16-22(19-8-5-9-19)14-15-26(23)25(28)30-17-18-6-3-2-4-7-18/h2-4,6-7,10-14,19,23H,5,8-9,15-17H2,1H3. The van der Waals surface area contributed by atoms with Gasteiger partial charge in [0.2, 0.25) is 0 Å². The van der Waals surface area contributed by atoms with Gasteiger partial charge in [0.25, 0.3) is 0 Å². The van der Waals surface area contributed by atoms with Crippen molar-refractivity contribution in [2.45, 2.75) is 38.3 Å². The molecule has 5 heteroatoms. The number of carbonyl (C=O) groups is 2. The predicted molar refractivity (Wildman–Crippen MR) is 114 cm³/mol. The van der Waals surface area contributed by atoms with Gasteiger partial charge < -0.3 is 9.47 Å². The van der Waals surface area contributed by atoms with Gasteiger partial charge >= 0.3 is 12.1 Å². The zero-order valence-electron chi connectivity index (χ0n) is 17.3. The molecule has 156 valence electrons. The number of methoxy groups -OCH3 is 1. The van der Waals surface area contributed by atoms with Crippen molar-refractivity contribution in [2.75, 3.05) is 13.7 Å². The van der Waals surface area contributed by atoms with Crippen molar-refractivity contribution < 1.29 is 19.1 Å².